The molecule has 1 aromatic heterocycles. The Morgan fingerprint density at radius 1 is 1.60 bits per heavy atom. The minimum atomic E-state index is -1.09. The molecule has 0 saturated carbocycles. The van der Waals surface area contributed by atoms with Crippen LogP contribution >= 0.6 is 0 Å². The Kier molecular flexibility index (Phi) is 3.69. The molecule has 1 rings (SSSR count). The van der Waals surface area contributed by atoms with E-state index in [1.54, 1.807) is 0 Å². The Labute approximate surface area is 87.2 Å². The number of aromatic nitrogens is 1. The topological polar surface area (TPSA) is 59.3 Å². The van der Waals surface area contributed by atoms with Crippen LogP contribution < -0.4 is 5.56 Å². The summed E-state index contributed by atoms with van der Waals surface area (Å²) in [5.41, 5.74) is -0.305. The first-order valence-electron chi connectivity index (χ1n) is 4.52. The van der Waals surface area contributed by atoms with E-state index in [0.717, 1.165) is 6.07 Å². The van der Waals surface area contributed by atoms with Crippen LogP contribution in [0.15, 0.2) is 23.1 Å². The Bertz CT molecular complexity index is 454. The fourth-order valence-electron chi connectivity index (χ4n) is 1.18. The molecule has 1 aromatic rings. The lowest BCUT2D eigenvalue weighted by atomic mass is 10.2. The second kappa shape index (κ2) is 5.01. The molecule has 0 aliphatic rings. The quantitative estimate of drug-likeness (QED) is 0.588. The van der Waals surface area contributed by atoms with E-state index in [1.165, 1.54) is 16.8 Å². The third-order valence-electron chi connectivity index (χ3n) is 1.96. The van der Waals surface area contributed by atoms with Crippen LogP contribution in [-0.4, -0.2) is 15.6 Å². The van der Waals surface area contributed by atoms with Gasteiger partial charge in [0, 0.05) is 25.2 Å². The van der Waals surface area contributed by atoms with E-state index in [-0.39, 0.29) is 11.1 Å². The monoisotopic (exact) mass is 205 g/mol. The fourth-order valence-corrected chi connectivity index (χ4v) is 1.18. The number of rotatable bonds is 4. The highest BCUT2D eigenvalue weighted by molar-refractivity contribution is 5.87. The lowest BCUT2D eigenvalue weighted by molar-refractivity contribution is 0.0696. The number of aromatic carboxylic acids is 1. The van der Waals surface area contributed by atoms with Crippen molar-refractivity contribution >= 4 is 5.97 Å². The van der Waals surface area contributed by atoms with Gasteiger partial charge in [0.25, 0.3) is 5.56 Å². The van der Waals surface area contributed by atoms with E-state index in [4.69, 9.17) is 11.5 Å². The molecule has 0 unspecified atom stereocenters. The number of terminal acetylenes is 1. The van der Waals surface area contributed by atoms with Gasteiger partial charge in [-0.2, -0.15) is 0 Å². The minimum absolute atomic E-state index is 0.00759. The van der Waals surface area contributed by atoms with Crippen LogP contribution in [0.3, 0.4) is 0 Å². The molecule has 4 heteroatoms. The van der Waals surface area contributed by atoms with Gasteiger partial charge in [-0.3, -0.25) is 4.79 Å². The van der Waals surface area contributed by atoms with Gasteiger partial charge in [-0.05, 0) is 12.5 Å². The second-order valence-corrected chi connectivity index (χ2v) is 3.06. The lowest BCUT2D eigenvalue weighted by Crippen LogP contribution is -2.20. The number of carbonyl (C=O) groups is 1. The highest BCUT2D eigenvalue weighted by atomic mass is 16.4. The van der Waals surface area contributed by atoms with Gasteiger partial charge in [-0.15, -0.1) is 12.3 Å². The largest absolute Gasteiger partial charge is 0.478 e. The van der Waals surface area contributed by atoms with Crippen molar-refractivity contribution in [3.63, 3.8) is 0 Å². The van der Waals surface area contributed by atoms with Crippen LogP contribution in [0, 0.1) is 12.3 Å². The van der Waals surface area contributed by atoms with Crippen LogP contribution in [-0.2, 0) is 6.54 Å². The van der Waals surface area contributed by atoms with Crippen LogP contribution in [0.5, 0.6) is 0 Å². The summed E-state index contributed by atoms with van der Waals surface area (Å²) < 4.78 is 1.45. The minimum Gasteiger partial charge on any atom is -0.478 e. The van der Waals surface area contributed by atoms with Gasteiger partial charge in [-0.1, -0.05) is 0 Å². The molecule has 1 heterocycles. The maximum Gasteiger partial charge on any atom is 0.335 e. The molecule has 0 radical (unpaired) electrons. The van der Waals surface area contributed by atoms with Gasteiger partial charge in [0.15, 0.2) is 0 Å². The summed E-state index contributed by atoms with van der Waals surface area (Å²) in [6.07, 6.45) is 7.87. The van der Waals surface area contributed by atoms with Crippen molar-refractivity contribution in [1.29, 1.82) is 0 Å². The third-order valence-corrected chi connectivity index (χ3v) is 1.96. The normalized spacial score (nSPS) is 9.53. The van der Waals surface area contributed by atoms with Crippen molar-refractivity contribution in [2.45, 2.75) is 19.4 Å². The average molecular weight is 205 g/mol. The number of carboxylic acids is 1. The van der Waals surface area contributed by atoms with E-state index >= 15 is 0 Å². The van der Waals surface area contributed by atoms with Crippen molar-refractivity contribution in [1.82, 2.24) is 4.57 Å². The number of aryl methyl sites for hydroxylation is 1. The molecule has 0 atom stereocenters. The van der Waals surface area contributed by atoms with Crippen molar-refractivity contribution in [2.75, 3.05) is 0 Å². The van der Waals surface area contributed by atoms with Crippen LogP contribution in [0.4, 0.5) is 0 Å². The van der Waals surface area contributed by atoms with Crippen molar-refractivity contribution in [2.24, 2.45) is 0 Å². The predicted octanol–water partition coefficient (Wildman–Crippen LogP) is 0.960. The molecular formula is C11H11NO3. The summed E-state index contributed by atoms with van der Waals surface area (Å²) in [5, 5.41) is 8.64. The van der Waals surface area contributed by atoms with Gasteiger partial charge in [0.2, 0.25) is 0 Å². The second-order valence-electron chi connectivity index (χ2n) is 3.06. The number of hydrogen-bond donors (Lipinski definition) is 1. The Morgan fingerprint density at radius 3 is 2.87 bits per heavy atom. The maximum atomic E-state index is 11.4. The lowest BCUT2D eigenvalue weighted by Gasteiger charge is -2.03. The summed E-state index contributed by atoms with van der Waals surface area (Å²) in [6.45, 7) is 0.517. The first-order chi connectivity index (χ1) is 7.15. The molecule has 0 aliphatic carbocycles. The first-order valence-corrected chi connectivity index (χ1v) is 4.52. The molecule has 0 spiro atoms. The number of unbranched alkanes of at least 4 members (excludes halogenated alkanes) is 1. The van der Waals surface area contributed by atoms with Crippen molar-refractivity contribution < 1.29 is 9.90 Å². The summed E-state index contributed by atoms with van der Waals surface area (Å²) in [5.74, 6) is 1.38. The standard InChI is InChI=1S/C11H11NO3/c1-2-3-4-6-12-7-5-9(11(14)15)8-10(12)13/h1,5,7-8H,3-4,6H2,(H,14,15). The van der Waals surface area contributed by atoms with E-state index < -0.39 is 5.97 Å². The zero-order valence-electron chi connectivity index (χ0n) is 8.14. The average Bonchev–Trinajstić information content (AvgIpc) is 2.20. The van der Waals surface area contributed by atoms with Gasteiger partial charge in [-0.25, -0.2) is 4.79 Å². The number of hydrogen-bond acceptors (Lipinski definition) is 2. The molecule has 1 N–H and O–H groups in total. The van der Waals surface area contributed by atoms with E-state index in [2.05, 4.69) is 5.92 Å². The van der Waals surface area contributed by atoms with Gasteiger partial charge >= 0.3 is 5.97 Å². The highest BCUT2D eigenvalue weighted by Crippen LogP contribution is 1.96. The van der Waals surface area contributed by atoms with Crippen LogP contribution in [0.25, 0.3) is 0 Å². The van der Waals surface area contributed by atoms with Crippen molar-refractivity contribution in [3.05, 3.63) is 34.2 Å². The fraction of sp³-hybridized carbons (Fsp3) is 0.273. The zero-order chi connectivity index (χ0) is 11.3. The molecule has 4 nitrogen and oxygen atoms in total. The molecule has 15 heavy (non-hydrogen) atoms. The molecule has 78 valence electrons. The molecular weight excluding hydrogens is 194 g/mol. The van der Waals surface area contributed by atoms with Crippen LogP contribution in [0.1, 0.15) is 23.2 Å². The Balaban J connectivity index is 2.81. The summed E-state index contributed by atoms with van der Waals surface area (Å²) in [7, 11) is 0. The van der Waals surface area contributed by atoms with E-state index in [9.17, 15) is 9.59 Å². The molecule has 0 aliphatic heterocycles. The smallest absolute Gasteiger partial charge is 0.335 e. The number of pyridine rings is 1. The third kappa shape index (κ3) is 2.99. The van der Waals surface area contributed by atoms with E-state index in [0.29, 0.717) is 19.4 Å². The first kappa shape index (κ1) is 11.1. The predicted molar refractivity (Wildman–Crippen MR) is 55.7 cm³/mol. The van der Waals surface area contributed by atoms with E-state index in [1.807, 2.05) is 0 Å². The van der Waals surface area contributed by atoms with Gasteiger partial charge < -0.3 is 9.67 Å². The molecule has 0 amide bonds. The summed E-state index contributed by atoms with van der Waals surface area (Å²) in [4.78, 5) is 21.9. The summed E-state index contributed by atoms with van der Waals surface area (Å²) in [6, 6.07) is 2.51. The van der Waals surface area contributed by atoms with Crippen LogP contribution in [0.2, 0.25) is 0 Å². The Hall–Kier alpha value is -2.02. The van der Waals surface area contributed by atoms with Gasteiger partial charge in [0.05, 0.1) is 5.56 Å². The number of nitrogens with zero attached hydrogens (tertiary/aromatic N) is 1. The molecule has 0 aromatic carbocycles. The zero-order valence-corrected chi connectivity index (χ0v) is 8.14. The van der Waals surface area contributed by atoms with Crippen molar-refractivity contribution in [3.8, 4) is 12.3 Å². The van der Waals surface area contributed by atoms with Gasteiger partial charge in [0.1, 0.15) is 0 Å². The Morgan fingerprint density at radius 2 is 2.33 bits per heavy atom. The highest BCUT2D eigenvalue weighted by Gasteiger charge is 2.04. The molecule has 0 saturated heterocycles. The number of carboxylic acid groups (broad SMARTS) is 1. The summed E-state index contributed by atoms with van der Waals surface area (Å²) >= 11 is 0. The molecule has 0 fully saturated rings. The SMILES string of the molecule is C#CCCCn1ccc(C(=O)O)cc1=O. The molecule has 0 bridgehead atoms. The maximum absolute atomic E-state index is 11.4.